The second-order valence-corrected chi connectivity index (χ2v) is 6.61. The molecule has 7 heteroatoms. The second-order valence-electron chi connectivity index (χ2n) is 6.61. The summed E-state index contributed by atoms with van der Waals surface area (Å²) >= 11 is 0. The van der Waals surface area contributed by atoms with E-state index in [0.717, 1.165) is 10.9 Å². The molecule has 0 saturated heterocycles. The Morgan fingerprint density at radius 3 is 2.54 bits per heavy atom. The maximum atomic E-state index is 12.9. The molecule has 1 amide bonds. The molecule has 2 heterocycles. The van der Waals surface area contributed by atoms with Crippen molar-refractivity contribution in [3.8, 4) is 11.5 Å². The fourth-order valence-corrected chi connectivity index (χ4v) is 3.11. The Morgan fingerprint density at radius 2 is 1.79 bits per heavy atom. The van der Waals surface area contributed by atoms with E-state index in [1.54, 1.807) is 24.3 Å². The molecule has 0 unspecified atom stereocenters. The van der Waals surface area contributed by atoms with Gasteiger partial charge in [0, 0.05) is 30.0 Å². The summed E-state index contributed by atoms with van der Waals surface area (Å²) in [5.74, 6) is 0.769. The molecule has 0 aliphatic carbocycles. The number of carbonyl (C=O) groups excluding carboxylic acids is 1. The van der Waals surface area contributed by atoms with Gasteiger partial charge < -0.3 is 19.8 Å². The number of hydrogen-bond acceptors (Lipinski definition) is 4. The summed E-state index contributed by atoms with van der Waals surface area (Å²) in [4.78, 5) is 27.3. The van der Waals surface area contributed by atoms with Crippen LogP contribution in [0.3, 0.4) is 0 Å². The third-order valence-corrected chi connectivity index (χ3v) is 4.61. The van der Waals surface area contributed by atoms with Crippen LogP contribution in [0.2, 0.25) is 0 Å². The van der Waals surface area contributed by atoms with Crippen LogP contribution in [0.1, 0.15) is 17.5 Å². The maximum Gasteiger partial charge on any atom is 0.251 e. The first-order valence-electron chi connectivity index (χ1n) is 9.05. The third kappa shape index (κ3) is 3.98. The van der Waals surface area contributed by atoms with Crippen molar-refractivity contribution < 1.29 is 18.7 Å². The zero-order chi connectivity index (χ0) is 19.5. The first kappa shape index (κ1) is 18.0. The van der Waals surface area contributed by atoms with Crippen LogP contribution in [0.5, 0.6) is 11.5 Å². The van der Waals surface area contributed by atoms with E-state index in [1.165, 1.54) is 12.1 Å². The summed E-state index contributed by atoms with van der Waals surface area (Å²) in [5, 5.41) is 3.60. The fourth-order valence-electron chi connectivity index (χ4n) is 3.11. The molecule has 0 bridgehead atoms. The number of carbonyl (C=O) groups is 1. The zero-order valence-corrected chi connectivity index (χ0v) is 15.1. The van der Waals surface area contributed by atoms with Crippen molar-refractivity contribution in [1.82, 2.24) is 10.3 Å². The summed E-state index contributed by atoms with van der Waals surface area (Å²) in [7, 11) is 0. The number of aromatic amines is 1. The molecule has 1 aliphatic heterocycles. The summed E-state index contributed by atoms with van der Waals surface area (Å²) in [5.41, 5.74) is 1.78. The molecule has 0 radical (unpaired) electrons. The van der Waals surface area contributed by atoms with E-state index in [2.05, 4.69) is 10.3 Å². The molecule has 28 heavy (non-hydrogen) atoms. The first-order chi connectivity index (χ1) is 13.6. The van der Waals surface area contributed by atoms with Crippen LogP contribution in [0.15, 0.2) is 47.3 Å². The van der Waals surface area contributed by atoms with Gasteiger partial charge in [-0.05, 0) is 36.2 Å². The number of H-pyrrole nitrogens is 1. The third-order valence-electron chi connectivity index (χ3n) is 4.61. The van der Waals surface area contributed by atoms with Gasteiger partial charge in [0.15, 0.2) is 11.5 Å². The predicted molar refractivity (Wildman–Crippen MR) is 102 cm³/mol. The number of rotatable bonds is 5. The van der Waals surface area contributed by atoms with Gasteiger partial charge >= 0.3 is 0 Å². The molecule has 0 atom stereocenters. The van der Waals surface area contributed by atoms with Gasteiger partial charge in [-0.1, -0.05) is 12.1 Å². The lowest BCUT2D eigenvalue weighted by Gasteiger charge is -2.18. The zero-order valence-electron chi connectivity index (χ0n) is 15.1. The molecule has 0 fully saturated rings. The molecule has 0 spiro atoms. The minimum absolute atomic E-state index is 0.175. The van der Waals surface area contributed by atoms with Crippen LogP contribution in [0.4, 0.5) is 4.39 Å². The van der Waals surface area contributed by atoms with E-state index in [1.807, 2.05) is 6.07 Å². The molecule has 1 aromatic heterocycles. The van der Waals surface area contributed by atoms with Crippen LogP contribution in [0, 0.1) is 5.82 Å². The maximum absolute atomic E-state index is 12.9. The van der Waals surface area contributed by atoms with Crippen molar-refractivity contribution >= 4 is 16.8 Å². The predicted octanol–water partition coefficient (Wildman–Crippen LogP) is 2.69. The summed E-state index contributed by atoms with van der Waals surface area (Å²) in [6.45, 7) is 1.29. The Balaban J connectivity index is 1.42. The van der Waals surface area contributed by atoms with E-state index in [4.69, 9.17) is 9.47 Å². The minimum atomic E-state index is -0.316. The van der Waals surface area contributed by atoms with E-state index in [9.17, 15) is 14.0 Å². The standard InChI is InChI=1S/C21H19FN2O4/c22-16-4-1-13(2-5-16)12-23-20(25)6-3-14-9-15-10-18-19(28-8-7-27-18)11-17(15)24-21(14)26/h1-2,4-5,9-11H,3,6-8,12H2,(H,23,25)(H,24,26). The second kappa shape index (κ2) is 7.72. The highest BCUT2D eigenvalue weighted by molar-refractivity contribution is 5.83. The lowest BCUT2D eigenvalue weighted by atomic mass is 10.1. The van der Waals surface area contributed by atoms with Gasteiger partial charge in [-0.3, -0.25) is 9.59 Å². The van der Waals surface area contributed by atoms with Crippen LogP contribution in [-0.4, -0.2) is 24.1 Å². The number of benzene rings is 2. The van der Waals surface area contributed by atoms with Gasteiger partial charge in [0.25, 0.3) is 5.56 Å². The van der Waals surface area contributed by atoms with Crippen LogP contribution in [-0.2, 0) is 17.8 Å². The van der Waals surface area contributed by atoms with Crippen molar-refractivity contribution in [2.24, 2.45) is 0 Å². The smallest absolute Gasteiger partial charge is 0.251 e. The Bertz CT molecular complexity index is 1080. The number of aryl methyl sites for hydroxylation is 1. The molecule has 0 saturated carbocycles. The molecule has 4 rings (SSSR count). The van der Waals surface area contributed by atoms with E-state index >= 15 is 0 Å². The van der Waals surface area contributed by atoms with Crippen molar-refractivity contribution in [2.75, 3.05) is 13.2 Å². The minimum Gasteiger partial charge on any atom is -0.486 e. The van der Waals surface area contributed by atoms with Crippen molar-refractivity contribution in [3.05, 3.63) is 69.8 Å². The van der Waals surface area contributed by atoms with Gasteiger partial charge in [0.2, 0.25) is 5.91 Å². The summed E-state index contributed by atoms with van der Waals surface area (Å²) < 4.78 is 24.0. The number of aromatic nitrogens is 1. The number of fused-ring (bicyclic) bond motifs is 2. The number of ether oxygens (including phenoxy) is 2. The Morgan fingerprint density at radius 1 is 1.07 bits per heavy atom. The fraction of sp³-hybridized carbons (Fsp3) is 0.238. The average Bonchev–Trinajstić information content (AvgIpc) is 2.70. The van der Waals surface area contributed by atoms with Gasteiger partial charge in [-0.25, -0.2) is 4.39 Å². The highest BCUT2D eigenvalue weighted by atomic mass is 19.1. The first-order valence-corrected chi connectivity index (χ1v) is 9.05. The number of nitrogens with one attached hydrogen (secondary N) is 2. The molecule has 2 N–H and O–H groups in total. The van der Waals surface area contributed by atoms with E-state index < -0.39 is 0 Å². The van der Waals surface area contributed by atoms with Gasteiger partial charge in [0.05, 0.1) is 5.52 Å². The lowest BCUT2D eigenvalue weighted by molar-refractivity contribution is -0.121. The average molecular weight is 382 g/mol. The summed E-state index contributed by atoms with van der Waals surface area (Å²) in [6, 6.07) is 11.3. The SMILES string of the molecule is O=C(CCc1cc2cc3c(cc2[nH]c1=O)OCCO3)NCc1ccc(F)cc1. The normalized spacial score (nSPS) is 12.8. The van der Waals surface area contributed by atoms with Crippen molar-refractivity contribution in [1.29, 1.82) is 0 Å². The number of hydrogen-bond donors (Lipinski definition) is 2. The van der Waals surface area contributed by atoms with Crippen LogP contribution in [0.25, 0.3) is 10.9 Å². The number of pyridine rings is 1. The molecule has 1 aliphatic rings. The highest BCUT2D eigenvalue weighted by Crippen LogP contribution is 2.33. The number of halogens is 1. The van der Waals surface area contributed by atoms with Gasteiger partial charge in [-0.15, -0.1) is 0 Å². The van der Waals surface area contributed by atoms with E-state index in [0.29, 0.717) is 48.8 Å². The van der Waals surface area contributed by atoms with E-state index in [-0.39, 0.29) is 23.7 Å². The molecule has 2 aromatic carbocycles. The van der Waals surface area contributed by atoms with Crippen molar-refractivity contribution in [3.63, 3.8) is 0 Å². The number of amides is 1. The molecule has 144 valence electrons. The van der Waals surface area contributed by atoms with Crippen LogP contribution < -0.4 is 20.3 Å². The lowest BCUT2D eigenvalue weighted by Crippen LogP contribution is -2.24. The van der Waals surface area contributed by atoms with Gasteiger partial charge in [-0.2, -0.15) is 0 Å². The molecular weight excluding hydrogens is 363 g/mol. The monoisotopic (exact) mass is 382 g/mol. The summed E-state index contributed by atoms with van der Waals surface area (Å²) in [6.07, 6.45) is 0.495. The van der Waals surface area contributed by atoms with Crippen molar-refractivity contribution in [2.45, 2.75) is 19.4 Å². The Kier molecular flexibility index (Phi) is 4.97. The molecule has 6 nitrogen and oxygen atoms in total. The molecular formula is C21H19FN2O4. The molecule has 3 aromatic rings. The Hall–Kier alpha value is -3.35. The quantitative estimate of drug-likeness (QED) is 0.711. The highest BCUT2D eigenvalue weighted by Gasteiger charge is 2.14. The Labute approximate surface area is 160 Å². The van der Waals surface area contributed by atoms with Gasteiger partial charge in [0.1, 0.15) is 19.0 Å². The van der Waals surface area contributed by atoms with Crippen LogP contribution >= 0.6 is 0 Å². The topological polar surface area (TPSA) is 80.4 Å². The largest absolute Gasteiger partial charge is 0.486 e.